The summed E-state index contributed by atoms with van der Waals surface area (Å²) in [7, 11) is 0. The second-order valence-electron chi connectivity index (χ2n) is 6.18. The van der Waals surface area contributed by atoms with Crippen molar-refractivity contribution in [2.24, 2.45) is 5.92 Å². The number of nitrogens with one attached hydrogen (secondary N) is 2. The van der Waals surface area contributed by atoms with Crippen molar-refractivity contribution in [1.29, 1.82) is 0 Å². The van der Waals surface area contributed by atoms with Crippen molar-refractivity contribution in [2.75, 3.05) is 19.6 Å². The summed E-state index contributed by atoms with van der Waals surface area (Å²) >= 11 is 0. The van der Waals surface area contributed by atoms with E-state index >= 15 is 0 Å². The highest BCUT2D eigenvalue weighted by Crippen LogP contribution is 2.23. The number of hydrogen-bond acceptors (Lipinski definition) is 3. The van der Waals surface area contributed by atoms with Gasteiger partial charge >= 0.3 is 0 Å². The Morgan fingerprint density at radius 1 is 1.21 bits per heavy atom. The fourth-order valence-electron chi connectivity index (χ4n) is 3.01. The second kappa shape index (κ2) is 6.71. The van der Waals surface area contributed by atoms with Gasteiger partial charge in [0.15, 0.2) is 0 Å². The van der Waals surface area contributed by atoms with E-state index in [2.05, 4.69) is 29.4 Å². The fraction of sp³-hybridized carbons (Fsp3) is 0.933. The van der Waals surface area contributed by atoms with Gasteiger partial charge in [0.1, 0.15) is 0 Å². The van der Waals surface area contributed by atoms with Crippen LogP contribution in [-0.4, -0.2) is 48.6 Å². The Morgan fingerprint density at radius 2 is 1.84 bits per heavy atom. The van der Waals surface area contributed by atoms with E-state index in [0.717, 1.165) is 25.6 Å². The molecular weight excluding hydrogens is 238 g/mol. The van der Waals surface area contributed by atoms with Crippen molar-refractivity contribution in [3.05, 3.63) is 0 Å². The molecule has 0 bridgehead atoms. The lowest BCUT2D eigenvalue weighted by molar-refractivity contribution is -0.126. The van der Waals surface area contributed by atoms with Crippen LogP contribution in [0.3, 0.4) is 0 Å². The summed E-state index contributed by atoms with van der Waals surface area (Å²) in [5, 5.41) is 6.63. The van der Waals surface area contributed by atoms with E-state index in [4.69, 9.17) is 0 Å². The molecule has 1 saturated heterocycles. The SMILES string of the molecule is CCNC(C)C1CCN(C(C)C(=O)NC2CC2)CC1. The lowest BCUT2D eigenvalue weighted by Crippen LogP contribution is -2.50. The average Bonchev–Trinajstić information content (AvgIpc) is 3.22. The molecule has 19 heavy (non-hydrogen) atoms. The minimum Gasteiger partial charge on any atom is -0.352 e. The van der Waals surface area contributed by atoms with Gasteiger partial charge in [-0.1, -0.05) is 6.92 Å². The first-order chi connectivity index (χ1) is 9.11. The lowest BCUT2D eigenvalue weighted by Gasteiger charge is -2.37. The molecule has 4 heteroatoms. The molecule has 0 radical (unpaired) electrons. The second-order valence-corrected chi connectivity index (χ2v) is 6.18. The van der Waals surface area contributed by atoms with Crippen LogP contribution in [0.4, 0.5) is 0 Å². The zero-order chi connectivity index (χ0) is 13.8. The molecule has 4 nitrogen and oxygen atoms in total. The number of hydrogen-bond donors (Lipinski definition) is 2. The van der Waals surface area contributed by atoms with Crippen LogP contribution in [0.1, 0.15) is 46.5 Å². The Hall–Kier alpha value is -0.610. The van der Waals surface area contributed by atoms with Gasteiger partial charge in [-0.05, 0) is 65.1 Å². The standard InChI is InChI=1S/C15H29N3O/c1-4-16-11(2)13-7-9-18(10-8-13)12(3)15(19)17-14-5-6-14/h11-14,16H,4-10H2,1-3H3,(H,17,19). The van der Waals surface area contributed by atoms with Crippen molar-refractivity contribution in [3.8, 4) is 0 Å². The molecule has 2 rings (SSSR count). The minimum absolute atomic E-state index is 0.0380. The quantitative estimate of drug-likeness (QED) is 0.764. The van der Waals surface area contributed by atoms with E-state index < -0.39 is 0 Å². The van der Waals surface area contributed by atoms with Crippen LogP contribution >= 0.6 is 0 Å². The van der Waals surface area contributed by atoms with Crippen LogP contribution in [0.2, 0.25) is 0 Å². The molecule has 110 valence electrons. The van der Waals surface area contributed by atoms with E-state index in [1.165, 1.54) is 25.7 Å². The van der Waals surface area contributed by atoms with Crippen molar-refractivity contribution < 1.29 is 4.79 Å². The van der Waals surface area contributed by atoms with Crippen LogP contribution in [0, 0.1) is 5.92 Å². The van der Waals surface area contributed by atoms with Crippen molar-refractivity contribution in [2.45, 2.75) is 64.6 Å². The number of nitrogens with zero attached hydrogens (tertiary/aromatic N) is 1. The monoisotopic (exact) mass is 267 g/mol. The number of carbonyl (C=O) groups is 1. The number of piperidine rings is 1. The summed E-state index contributed by atoms with van der Waals surface area (Å²) < 4.78 is 0. The summed E-state index contributed by atoms with van der Waals surface area (Å²) in [4.78, 5) is 14.4. The van der Waals surface area contributed by atoms with Gasteiger partial charge in [-0.2, -0.15) is 0 Å². The molecule has 0 aromatic heterocycles. The molecule has 2 unspecified atom stereocenters. The van der Waals surface area contributed by atoms with Crippen LogP contribution in [-0.2, 0) is 4.79 Å². The largest absolute Gasteiger partial charge is 0.352 e. The van der Waals surface area contributed by atoms with E-state index in [9.17, 15) is 4.79 Å². The lowest BCUT2D eigenvalue weighted by atomic mass is 9.89. The van der Waals surface area contributed by atoms with Gasteiger partial charge in [-0.15, -0.1) is 0 Å². The predicted octanol–water partition coefficient (Wildman–Crippen LogP) is 1.36. The molecule has 2 fully saturated rings. The summed E-state index contributed by atoms with van der Waals surface area (Å²) in [6, 6.07) is 1.11. The van der Waals surface area contributed by atoms with Gasteiger partial charge in [0.05, 0.1) is 6.04 Å². The summed E-state index contributed by atoms with van der Waals surface area (Å²) in [5.41, 5.74) is 0. The van der Waals surface area contributed by atoms with Gasteiger partial charge in [0.25, 0.3) is 0 Å². The molecule has 2 N–H and O–H groups in total. The first-order valence-electron chi connectivity index (χ1n) is 7.89. The number of carbonyl (C=O) groups excluding carboxylic acids is 1. The van der Waals surface area contributed by atoms with Gasteiger partial charge in [-0.3, -0.25) is 9.69 Å². The van der Waals surface area contributed by atoms with Gasteiger partial charge in [0.2, 0.25) is 5.91 Å². The molecule has 1 aliphatic heterocycles. The molecule has 0 aromatic rings. The molecule has 1 amide bonds. The normalized spacial score (nSPS) is 25.0. The van der Waals surface area contributed by atoms with Crippen molar-refractivity contribution >= 4 is 5.91 Å². The van der Waals surface area contributed by atoms with Gasteiger partial charge in [-0.25, -0.2) is 0 Å². The number of rotatable bonds is 6. The number of amides is 1. The Morgan fingerprint density at radius 3 is 2.37 bits per heavy atom. The van der Waals surface area contributed by atoms with E-state index in [0.29, 0.717) is 12.1 Å². The topological polar surface area (TPSA) is 44.4 Å². The zero-order valence-electron chi connectivity index (χ0n) is 12.6. The first-order valence-corrected chi connectivity index (χ1v) is 7.89. The molecule has 0 aromatic carbocycles. The molecule has 0 spiro atoms. The zero-order valence-corrected chi connectivity index (χ0v) is 12.6. The third-order valence-corrected chi connectivity index (χ3v) is 4.66. The smallest absolute Gasteiger partial charge is 0.237 e. The van der Waals surface area contributed by atoms with E-state index in [-0.39, 0.29) is 11.9 Å². The Balaban J connectivity index is 1.73. The molecule has 2 atom stereocenters. The summed E-state index contributed by atoms with van der Waals surface area (Å²) in [5.74, 6) is 0.982. The maximum atomic E-state index is 12.0. The van der Waals surface area contributed by atoms with Crippen LogP contribution < -0.4 is 10.6 Å². The molecule has 2 aliphatic rings. The van der Waals surface area contributed by atoms with Crippen molar-refractivity contribution in [1.82, 2.24) is 15.5 Å². The molecule has 1 heterocycles. The highest BCUT2D eigenvalue weighted by Gasteiger charge is 2.31. The Bertz CT molecular complexity index is 296. The fourth-order valence-corrected chi connectivity index (χ4v) is 3.01. The van der Waals surface area contributed by atoms with Gasteiger partial charge in [0, 0.05) is 12.1 Å². The first kappa shape index (κ1) is 14.8. The van der Waals surface area contributed by atoms with Crippen molar-refractivity contribution in [3.63, 3.8) is 0 Å². The maximum Gasteiger partial charge on any atom is 0.237 e. The van der Waals surface area contributed by atoms with Crippen LogP contribution in [0.25, 0.3) is 0 Å². The Kier molecular flexibility index (Phi) is 5.22. The third-order valence-electron chi connectivity index (χ3n) is 4.66. The van der Waals surface area contributed by atoms with Crippen LogP contribution in [0.15, 0.2) is 0 Å². The van der Waals surface area contributed by atoms with Gasteiger partial charge < -0.3 is 10.6 Å². The predicted molar refractivity (Wildman–Crippen MR) is 78.1 cm³/mol. The number of likely N-dealkylation sites (tertiary alicyclic amines) is 1. The average molecular weight is 267 g/mol. The highest BCUT2D eigenvalue weighted by molar-refractivity contribution is 5.81. The summed E-state index contributed by atoms with van der Waals surface area (Å²) in [6.07, 6.45) is 4.74. The maximum absolute atomic E-state index is 12.0. The summed E-state index contributed by atoms with van der Waals surface area (Å²) in [6.45, 7) is 9.65. The third kappa shape index (κ3) is 4.18. The molecular formula is C15H29N3O. The molecule has 1 saturated carbocycles. The molecule has 1 aliphatic carbocycles. The Labute approximate surface area is 117 Å². The van der Waals surface area contributed by atoms with Crippen LogP contribution in [0.5, 0.6) is 0 Å². The minimum atomic E-state index is 0.0380. The van der Waals surface area contributed by atoms with E-state index in [1.54, 1.807) is 0 Å². The highest BCUT2D eigenvalue weighted by atomic mass is 16.2. The van der Waals surface area contributed by atoms with E-state index in [1.807, 2.05) is 6.92 Å².